The van der Waals surface area contributed by atoms with Crippen LogP contribution in [0, 0.1) is 0 Å². The average molecular weight is 287 g/mol. The van der Waals surface area contributed by atoms with E-state index >= 15 is 0 Å². The van der Waals surface area contributed by atoms with Crippen molar-refractivity contribution >= 4 is 0 Å². The molecule has 3 nitrogen and oxygen atoms in total. The first kappa shape index (κ1) is 15.6. The third kappa shape index (κ3) is 5.27. The van der Waals surface area contributed by atoms with Gasteiger partial charge in [-0.15, -0.1) is 0 Å². The molecule has 114 valence electrons. The van der Waals surface area contributed by atoms with E-state index in [-0.39, 0.29) is 5.54 Å². The third-order valence-corrected chi connectivity index (χ3v) is 3.22. The Bertz CT molecular complexity index is 549. The zero-order chi connectivity index (χ0) is 15.3. The summed E-state index contributed by atoms with van der Waals surface area (Å²) in [5.41, 5.74) is 1.40. The molecule has 0 aliphatic heterocycles. The molecule has 1 heterocycles. The molecule has 0 aliphatic rings. The van der Waals surface area contributed by atoms with Crippen molar-refractivity contribution in [2.45, 2.75) is 52.8 Å². The van der Waals surface area contributed by atoms with Gasteiger partial charge in [-0.1, -0.05) is 19.1 Å². The number of aryl methyl sites for hydroxylation is 1. The van der Waals surface area contributed by atoms with E-state index in [0.29, 0.717) is 6.61 Å². The van der Waals surface area contributed by atoms with E-state index in [9.17, 15) is 0 Å². The molecule has 1 aromatic heterocycles. The van der Waals surface area contributed by atoms with E-state index in [0.717, 1.165) is 30.2 Å². The fourth-order valence-electron chi connectivity index (χ4n) is 1.92. The fraction of sp³-hybridized carbons (Fsp3) is 0.444. The van der Waals surface area contributed by atoms with Crippen molar-refractivity contribution < 1.29 is 9.15 Å². The van der Waals surface area contributed by atoms with Gasteiger partial charge < -0.3 is 14.5 Å². The van der Waals surface area contributed by atoms with Crippen LogP contribution in [0.15, 0.2) is 40.8 Å². The lowest BCUT2D eigenvalue weighted by Gasteiger charge is -2.19. The molecular weight excluding hydrogens is 262 g/mol. The molecule has 0 aliphatic carbocycles. The Morgan fingerprint density at radius 3 is 2.29 bits per heavy atom. The molecule has 0 fully saturated rings. The molecule has 1 N–H and O–H groups in total. The van der Waals surface area contributed by atoms with Crippen molar-refractivity contribution in [3.63, 3.8) is 0 Å². The molecule has 0 atom stereocenters. The third-order valence-electron chi connectivity index (χ3n) is 3.22. The second-order valence-corrected chi connectivity index (χ2v) is 6.26. The predicted molar refractivity (Wildman–Crippen MR) is 85.5 cm³/mol. The Morgan fingerprint density at radius 1 is 1.00 bits per heavy atom. The summed E-state index contributed by atoms with van der Waals surface area (Å²) in [7, 11) is 0. The monoisotopic (exact) mass is 287 g/mol. The molecule has 0 amide bonds. The Morgan fingerprint density at radius 2 is 1.67 bits per heavy atom. The molecule has 2 rings (SSSR count). The summed E-state index contributed by atoms with van der Waals surface area (Å²) in [5.74, 6) is 2.66. The van der Waals surface area contributed by atoms with Crippen molar-refractivity contribution in [1.29, 1.82) is 0 Å². The van der Waals surface area contributed by atoms with Gasteiger partial charge in [-0.25, -0.2) is 0 Å². The van der Waals surface area contributed by atoms with Crippen molar-refractivity contribution in [3.8, 4) is 5.75 Å². The van der Waals surface area contributed by atoms with Gasteiger partial charge >= 0.3 is 0 Å². The van der Waals surface area contributed by atoms with E-state index in [1.165, 1.54) is 5.56 Å². The average Bonchev–Trinajstić information content (AvgIpc) is 2.91. The van der Waals surface area contributed by atoms with Gasteiger partial charge in [-0.3, -0.25) is 0 Å². The molecular formula is C18H25NO2. The minimum atomic E-state index is 0.0878. The highest BCUT2D eigenvalue weighted by Crippen LogP contribution is 2.16. The highest BCUT2D eigenvalue weighted by molar-refractivity contribution is 5.27. The number of benzene rings is 1. The maximum Gasteiger partial charge on any atom is 0.146 e. The lowest BCUT2D eigenvalue weighted by molar-refractivity contribution is 0.263. The molecule has 0 bridgehead atoms. The molecule has 3 heteroatoms. The van der Waals surface area contributed by atoms with Gasteiger partial charge in [-0.2, -0.15) is 0 Å². The van der Waals surface area contributed by atoms with Crippen LogP contribution in [-0.4, -0.2) is 5.54 Å². The largest absolute Gasteiger partial charge is 0.486 e. The number of hydrogen-bond acceptors (Lipinski definition) is 3. The zero-order valence-corrected chi connectivity index (χ0v) is 13.4. The highest BCUT2D eigenvalue weighted by Gasteiger charge is 2.10. The van der Waals surface area contributed by atoms with Gasteiger partial charge in [0.1, 0.15) is 23.9 Å². The topological polar surface area (TPSA) is 34.4 Å². The molecule has 0 radical (unpaired) electrons. The van der Waals surface area contributed by atoms with Gasteiger partial charge in [0.25, 0.3) is 0 Å². The lowest BCUT2D eigenvalue weighted by Crippen LogP contribution is -2.34. The molecule has 0 saturated heterocycles. The number of ether oxygens (including phenoxy) is 1. The second-order valence-electron chi connectivity index (χ2n) is 6.26. The smallest absolute Gasteiger partial charge is 0.146 e. The van der Waals surface area contributed by atoms with Gasteiger partial charge in [-0.05, 0) is 57.0 Å². The summed E-state index contributed by atoms with van der Waals surface area (Å²) in [4.78, 5) is 0. The molecule has 2 aromatic rings. The Kier molecular flexibility index (Phi) is 5.07. The van der Waals surface area contributed by atoms with E-state index in [1.54, 1.807) is 0 Å². The van der Waals surface area contributed by atoms with E-state index in [4.69, 9.17) is 9.15 Å². The minimum absolute atomic E-state index is 0.0878. The van der Waals surface area contributed by atoms with Gasteiger partial charge in [0.2, 0.25) is 0 Å². The number of furan rings is 1. The van der Waals surface area contributed by atoms with E-state index in [1.807, 2.05) is 24.3 Å². The maximum atomic E-state index is 5.76. The van der Waals surface area contributed by atoms with Crippen LogP contribution in [-0.2, 0) is 19.6 Å². The van der Waals surface area contributed by atoms with Crippen LogP contribution in [0.25, 0.3) is 0 Å². The van der Waals surface area contributed by atoms with E-state index < -0.39 is 0 Å². The SMILES string of the molecule is CCc1ccc(OCc2ccc(CNC(C)(C)C)o2)cc1. The highest BCUT2D eigenvalue weighted by atomic mass is 16.5. The summed E-state index contributed by atoms with van der Waals surface area (Å²) in [6.07, 6.45) is 1.04. The molecule has 1 aromatic carbocycles. The lowest BCUT2D eigenvalue weighted by atomic mass is 10.1. The molecule has 21 heavy (non-hydrogen) atoms. The maximum absolute atomic E-state index is 5.76. The first-order valence-electron chi connectivity index (χ1n) is 7.50. The number of rotatable bonds is 6. The summed E-state index contributed by atoms with van der Waals surface area (Å²) in [6.45, 7) is 9.75. The minimum Gasteiger partial charge on any atom is -0.486 e. The van der Waals surface area contributed by atoms with Gasteiger partial charge in [0, 0.05) is 5.54 Å². The van der Waals surface area contributed by atoms with Crippen molar-refractivity contribution in [1.82, 2.24) is 5.32 Å². The first-order valence-corrected chi connectivity index (χ1v) is 7.50. The summed E-state index contributed by atoms with van der Waals surface area (Å²) in [6, 6.07) is 12.2. The normalized spacial score (nSPS) is 11.6. The molecule has 0 saturated carbocycles. The van der Waals surface area contributed by atoms with Crippen LogP contribution in [0.1, 0.15) is 44.8 Å². The van der Waals surface area contributed by atoms with Gasteiger partial charge in [0.15, 0.2) is 0 Å². The van der Waals surface area contributed by atoms with Crippen LogP contribution in [0.2, 0.25) is 0 Å². The molecule has 0 unspecified atom stereocenters. The molecule has 0 spiro atoms. The Balaban J connectivity index is 1.84. The zero-order valence-electron chi connectivity index (χ0n) is 13.4. The van der Waals surface area contributed by atoms with Crippen molar-refractivity contribution in [3.05, 3.63) is 53.5 Å². The van der Waals surface area contributed by atoms with E-state index in [2.05, 4.69) is 45.1 Å². The van der Waals surface area contributed by atoms with Crippen molar-refractivity contribution in [2.24, 2.45) is 0 Å². The summed E-state index contributed by atoms with van der Waals surface area (Å²) >= 11 is 0. The standard InChI is InChI=1S/C18H25NO2/c1-5-14-6-8-15(9-7-14)20-13-17-11-10-16(21-17)12-19-18(2,3)4/h6-11,19H,5,12-13H2,1-4H3. The van der Waals surface area contributed by atoms with Crippen LogP contribution in [0.5, 0.6) is 5.75 Å². The summed E-state index contributed by atoms with van der Waals surface area (Å²) < 4.78 is 11.5. The number of hydrogen-bond donors (Lipinski definition) is 1. The van der Waals surface area contributed by atoms with Crippen LogP contribution in [0.4, 0.5) is 0 Å². The quantitative estimate of drug-likeness (QED) is 0.859. The Labute approximate surface area is 127 Å². The van der Waals surface area contributed by atoms with Crippen molar-refractivity contribution in [2.75, 3.05) is 0 Å². The fourth-order valence-corrected chi connectivity index (χ4v) is 1.92. The van der Waals surface area contributed by atoms with Crippen LogP contribution >= 0.6 is 0 Å². The first-order chi connectivity index (χ1) is 9.96. The van der Waals surface area contributed by atoms with Crippen LogP contribution < -0.4 is 10.1 Å². The predicted octanol–water partition coefficient (Wildman–Crippen LogP) is 4.31. The second kappa shape index (κ2) is 6.81. The van der Waals surface area contributed by atoms with Gasteiger partial charge in [0.05, 0.1) is 6.54 Å². The van der Waals surface area contributed by atoms with Crippen LogP contribution in [0.3, 0.4) is 0 Å². The summed E-state index contributed by atoms with van der Waals surface area (Å²) in [5, 5.41) is 3.40. The number of nitrogens with one attached hydrogen (secondary N) is 1. The Hall–Kier alpha value is -1.74.